The van der Waals surface area contributed by atoms with Crippen molar-refractivity contribution in [1.82, 2.24) is 10.2 Å². The first-order valence-corrected chi connectivity index (χ1v) is 6.59. The van der Waals surface area contributed by atoms with E-state index in [-0.39, 0.29) is 5.91 Å². The fourth-order valence-electron chi connectivity index (χ4n) is 1.72. The van der Waals surface area contributed by atoms with Gasteiger partial charge < -0.3 is 10.2 Å². The third-order valence-corrected chi connectivity index (χ3v) is 2.89. The van der Waals surface area contributed by atoms with Crippen molar-refractivity contribution in [2.24, 2.45) is 5.92 Å². The van der Waals surface area contributed by atoms with E-state index in [1.807, 2.05) is 6.92 Å². The van der Waals surface area contributed by atoms with Crippen molar-refractivity contribution in [2.75, 3.05) is 26.2 Å². The molecule has 0 fully saturated rings. The van der Waals surface area contributed by atoms with Gasteiger partial charge in [0.2, 0.25) is 5.91 Å². The van der Waals surface area contributed by atoms with Crippen molar-refractivity contribution in [3.63, 3.8) is 0 Å². The van der Waals surface area contributed by atoms with Gasteiger partial charge in [0.25, 0.3) is 0 Å². The van der Waals surface area contributed by atoms with E-state index in [1.54, 1.807) is 0 Å². The van der Waals surface area contributed by atoms with Gasteiger partial charge in [-0.3, -0.25) is 4.79 Å². The lowest BCUT2D eigenvalue weighted by Gasteiger charge is -2.18. The van der Waals surface area contributed by atoms with E-state index >= 15 is 0 Å². The van der Waals surface area contributed by atoms with Crippen LogP contribution in [0.1, 0.15) is 40.0 Å². The second kappa shape index (κ2) is 10.1. The van der Waals surface area contributed by atoms with Gasteiger partial charge in [-0.05, 0) is 32.5 Å². The Kier molecular flexibility index (Phi) is 9.46. The Hall–Kier alpha value is -1.08. The minimum Gasteiger partial charge on any atom is -0.355 e. The standard InChI is InChI=1S/C13H25N3O/c1-4-8-12(11-14)13(17)15-9-7-10-16(5-2)6-3/h12H,4-10H2,1-3H3,(H,15,17). The van der Waals surface area contributed by atoms with Crippen molar-refractivity contribution in [1.29, 1.82) is 5.26 Å². The molecule has 0 radical (unpaired) electrons. The monoisotopic (exact) mass is 239 g/mol. The van der Waals surface area contributed by atoms with Crippen LogP contribution in [0.4, 0.5) is 0 Å². The first-order chi connectivity index (χ1) is 8.19. The summed E-state index contributed by atoms with van der Waals surface area (Å²) < 4.78 is 0. The predicted octanol–water partition coefficient (Wildman–Crippen LogP) is 1.77. The van der Waals surface area contributed by atoms with Crippen molar-refractivity contribution in [3.05, 3.63) is 0 Å². The van der Waals surface area contributed by atoms with E-state index in [4.69, 9.17) is 5.26 Å². The fourth-order valence-corrected chi connectivity index (χ4v) is 1.72. The third-order valence-electron chi connectivity index (χ3n) is 2.89. The fraction of sp³-hybridized carbons (Fsp3) is 0.846. The number of amides is 1. The maximum Gasteiger partial charge on any atom is 0.237 e. The number of rotatable bonds is 9. The average Bonchev–Trinajstić information content (AvgIpc) is 2.35. The van der Waals surface area contributed by atoms with Crippen molar-refractivity contribution < 1.29 is 4.79 Å². The molecule has 0 heterocycles. The lowest BCUT2D eigenvalue weighted by atomic mass is 10.1. The Bertz CT molecular complexity index is 244. The molecule has 4 nitrogen and oxygen atoms in total. The van der Waals surface area contributed by atoms with Crippen LogP contribution >= 0.6 is 0 Å². The van der Waals surface area contributed by atoms with Gasteiger partial charge in [0.1, 0.15) is 5.92 Å². The number of nitriles is 1. The number of nitrogens with one attached hydrogen (secondary N) is 1. The first-order valence-electron chi connectivity index (χ1n) is 6.59. The highest BCUT2D eigenvalue weighted by Gasteiger charge is 2.15. The van der Waals surface area contributed by atoms with Crippen LogP contribution in [0.2, 0.25) is 0 Å². The summed E-state index contributed by atoms with van der Waals surface area (Å²) in [6.45, 7) is 10.00. The lowest BCUT2D eigenvalue weighted by Crippen LogP contribution is -2.33. The first kappa shape index (κ1) is 15.9. The second-order valence-corrected chi connectivity index (χ2v) is 4.14. The highest BCUT2D eigenvalue weighted by atomic mass is 16.1. The number of nitrogens with zero attached hydrogens (tertiary/aromatic N) is 2. The molecule has 1 unspecified atom stereocenters. The topological polar surface area (TPSA) is 56.1 Å². The summed E-state index contributed by atoms with van der Waals surface area (Å²) in [5, 5.41) is 11.7. The van der Waals surface area contributed by atoms with Gasteiger partial charge in [0, 0.05) is 6.54 Å². The normalized spacial score (nSPS) is 12.2. The summed E-state index contributed by atoms with van der Waals surface area (Å²) >= 11 is 0. The molecular weight excluding hydrogens is 214 g/mol. The lowest BCUT2D eigenvalue weighted by molar-refractivity contribution is -0.123. The maximum absolute atomic E-state index is 11.6. The molecule has 0 aliphatic carbocycles. The Labute approximate surface area is 105 Å². The molecule has 1 atom stereocenters. The van der Waals surface area contributed by atoms with Gasteiger partial charge in [-0.2, -0.15) is 5.26 Å². The molecule has 1 amide bonds. The van der Waals surface area contributed by atoms with Crippen LogP contribution in [0.3, 0.4) is 0 Å². The summed E-state index contributed by atoms with van der Waals surface area (Å²) in [5.74, 6) is -0.595. The van der Waals surface area contributed by atoms with Crippen LogP contribution < -0.4 is 5.32 Å². The second-order valence-electron chi connectivity index (χ2n) is 4.14. The molecular formula is C13H25N3O. The van der Waals surface area contributed by atoms with E-state index in [0.29, 0.717) is 13.0 Å². The Balaban J connectivity index is 3.74. The van der Waals surface area contributed by atoms with Gasteiger partial charge in [0.15, 0.2) is 0 Å². The highest BCUT2D eigenvalue weighted by Crippen LogP contribution is 2.04. The van der Waals surface area contributed by atoms with Gasteiger partial charge in [0.05, 0.1) is 6.07 Å². The van der Waals surface area contributed by atoms with E-state index in [0.717, 1.165) is 32.5 Å². The SMILES string of the molecule is CCCC(C#N)C(=O)NCCCN(CC)CC. The molecule has 1 N–H and O–H groups in total. The summed E-state index contributed by atoms with van der Waals surface area (Å²) in [4.78, 5) is 13.9. The third kappa shape index (κ3) is 6.96. The van der Waals surface area contributed by atoms with Crippen LogP contribution in [0.25, 0.3) is 0 Å². The maximum atomic E-state index is 11.6. The molecule has 0 aliphatic heterocycles. The van der Waals surface area contributed by atoms with E-state index < -0.39 is 5.92 Å². The van der Waals surface area contributed by atoms with Crippen molar-refractivity contribution in [2.45, 2.75) is 40.0 Å². The van der Waals surface area contributed by atoms with Crippen LogP contribution in [0.15, 0.2) is 0 Å². The van der Waals surface area contributed by atoms with Gasteiger partial charge in [-0.1, -0.05) is 27.2 Å². The van der Waals surface area contributed by atoms with Crippen molar-refractivity contribution >= 4 is 5.91 Å². The zero-order valence-electron chi connectivity index (χ0n) is 11.3. The largest absolute Gasteiger partial charge is 0.355 e. The molecule has 0 aromatic carbocycles. The summed E-state index contributed by atoms with van der Waals surface area (Å²) in [6.07, 6.45) is 2.46. The summed E-state index contributed by atoms with van der Waals surface area (Å²) in [7, 11) is 0. The zero-order chi connectivity index (χ0) is 13.1. The Morgan fingerprint density at radius 3 is 2.47 bits per heavy atom. The molecule has 0 bridgehead atoms. The number of carbonyl (C=O) groups is 1. The Morgan fingerprint density at radius 1 is 1.35 bits per heavy atom. The molecule has 0 saturated heterocycles. The number of carbonyl (C=O) groups excluding carboxylic acids is 1. The molecule has 4 heteroatoms. The molecule has 0 aromatic heterocycles. The van der Waals surface area contributed by atoms with Crippen molar-refractivity contribution in [3.8, 4) is 6.07 Å². The summed E-state index contributed by atoms with van der Waals surface area (Å²) in [6, 6.07) is 2.05. The zero-order valence-corrected chi connectivity index (χ0v) is 11.3. The van der Waals surface area contributed by atoms with Crippen LogP contribution in [0.5, 0.6) is 0 Å². The summed E-state index contributed by atoms with van der Waals surface area (Å²) in [5.41, 5.74) is 0. The molecule has 0 rings (SSSR count). The molecule has 98 valence electrons. The van der Waals surface area contributed by atoms with Gasteiger partial charge in [-0.15, -0.1) is 0 Å². The quantitative estimate of drug-likeness (QED) is 0.624. The van der Waals surface area contributed by atoms with E-state index in [9.17, 15) is 4.79 Å². The number of hydrogen-bond acceptors (Lipinski definition) is 3. The minimum atomic E-state index is -0.478. The molecule has 0 spiro atoms. The van der Waals surface area contributed by atoms with Crippen LogP contribution in [-0.4, -0.2) is 37.0 Å². The van der Waals surface area contributed by atoms with Crippen LogP contribution in [0, 0.1) is 17.2 Å². The molecule has 0 aliphatic rings. The predicted molar refractivity (Wildman–Crippen MR) is 69.4 cm³/mol. The molecule has 17 heavy (non-hydrogen) atoms. The van der Waals surface area contributed by atoms with E-state index in [1.165, 1.54) is 0 Å². The van der Waals surface area contributed by atoms with Crippen LogP contribution in [-0.2, 0) is 4.79 Å². The highest BCUT2D eigenvalue weighted by molar-refractivity contribution is 5.80. The average molecular weight is 239 g/mol. The minimum absolute atomic E-state index is 0.117. The molecule has 0 aromatic rings. The van der Waals surface area contributed by atoms with Gasteiger partial charge >= 0.3 is 0 Å². The number of hydrogen-bond donors (Lipinski definition) is 1. The smallest absolute Gasteiger partial charge is 0.237 e. The van der Waals surface area contributed by atoms with E-state index in [2.05, 4.69) is 30.1 Å². The van der Waals surface area contributed by atoms with Gasteiger partial charge in [-0.25, -0.2) is 0 Å². The molecule has 0 saturated carbocycles. The Morgan fingerprint density at radius 2 is 2.00 bits per heavy atom.